The number of ether oxygens (including phenoxy) is 6. The van der Waals surface area contributed by atoms with Crippen molar-refractivity contribution >= 4 is 23.9 Å². The number of nitrogens with one attached hydrogen (secondary N) is 1. The topological polar surface area (TPSA) is 173 Å². The molecule has 0 radical (unpaired) electrons. The number of esters is 4. The Bertz CT molecular complexity index is 1630. The van der Waals surface area contributed by atoms with Crippen LogP contribution < -0.4 is 0 Å². The first kappa shape index (κ1) is 37.8. The van der Waals surface area contributed by atoms with Crippen LogP contribution in [0.25, 0.3) is 0 Å². The zero-order chi connectivity index (χ0) is 36.6. The van der Waals surface area contributed by atoms with Crippen molar-refractivity contribution in [1.29, 1.82) is 0 Å². The maximum Gasteiger partial charge on any atom is 0.417 e. The van der Waals surface area contributed by atoms with Crippen LogP contribution in [0, 0.1) is 30.6 Å². The van der Waals surface area contributed by atoms with Crippen LogP contribution in [0.2, 0.25) is 0 Å². The third-order valence-electron chi connectivity index (χ3n) is 9.01. The van der Waals surface area contributed by atoms with E-state index < -0.39 is 77.9 Å². The lowest BCUT2D eigenvalue weighted by Crippen LogP contribution is -2.48. The van der Waals surface area contributed by atoms with Gasteiger partial charge < -0.3 is 38.5 Å². The number of aromatic nitrogens is 2. The number of rotatable bonds is 7. The highest BCUT2D eigenvalue weighted by molar-refractivity contribution is 6.29. The Morgan fingerprint density at radius 1 is 1.18 bits per heavy atom. The first-order valence-corrected chi connectivity index (χ1v) is 16.1. The first-order valence-electron chi connectivity index (χ1n) is 16.1. The normalized spacial score (nSPS) is 30.6. The highest BCUT2D eigenvalue weighted by Crippen LogP contribution is 2.46. The van der Waals surface area contributed by atoms with Gasteiger partial charge >= 0.3 is 23.9 Å². The summed E-state index contributed by atoms with van der Waals surface area (Å²) in [4.78, 5) is 58.3. The second kappa shape index (κ2) is 16.6. The van der Waals surface area contributed by atoms with E-state index in [9.17, 15) is 24.3 Å². The zero-order valence-corrected chi connectivity index (χ0v) is 28.5. The Balaban J connectivity index is 0.00000276. The van der Waals surface area contributed by atoms with Gasteiger partial charge in [0.2, 0.25) is 0 Å². The number of terminal acetylenes is 1. The van der Waals surface area contributed by atoms with Crippen LogP contribution in [0.4, 0.5) is 0 Å². The molecule has 0 saturated heterocycles. The summed E-state index contributed by atoms with van der Waals surface area (Å²) in [5, 5.41) is 11.4. The molecule has 4 heterocycles. The van der Waals surface area contributed by atoms with Crippen molar-refractivity contribution in [3.8, 4) is 12.8 Å². The third kappa shape index (κ3) is 8.22. The highest BCUT2D eigenvalue weighted by Gasteiger charge is 2.51. The molecule has 5 rings (SSSR count). The van der Waals surface area contributed by atoms with Crippen LogP contribution in [-0.2, 0) is 49.4 Å². The predicted molar refractivity (Wildman–Crippen MR) is 177 cm³/mol. The number of hydrogen-bond acceptors (Lipinski definition) is 12. The molecule has 2 bridgehead atoms. The van der Waals surface area contributed by atoms with E-state index >= 15 is 0 Å². The van der Waals surface area contributed by atoms with E-state index in [1.54, 1.807) is 50.5 Å². The number of methoxy groups -OCH3 is 1. The molecule has 13 nitrogen and oxygen atoms in total. The van der Waals surface area contributed by atoms with Crippen LogP contribution >= 0.6 is 0 Å². The van der Waals surface area contributed by atoms with Crippen LogP contribution in [0.15, 0.2) is 78.3 Å². The summed E-state index contributed by atoms with van der Waals surface area (Å²) in [5.41, 5.74) is 0.867. The minimum Gasteiger partial charge on any atom is -0.456 e. The standard InChI is InChI=1S/C35H40N2O11.C2H2/c1-19-14-20(2)35-16-24(29(21(3)30(38)48-35)47-31(39)26-9-7-13-37-26)10-11-25(35)15-27(43-5)32(40)46-28(19)22(4)45-34(42)33(41)44-18-23-8-6-12-36-17-23;1-2/h6-14,16-17,19,21-22,25,27-30,37-38H,15,18H2,1-5H3;1-2H/b20-14+;/t19?,21-,22?,25?,27-,28?,29+,30?,35+;/m0./s1. The second-order valence-electron chi connectivity index (χ2n) is 12.3. The Morgan fingerprint density at radius 2 is 1.94 bits per heavy atom. The molecule has 0 fully saturated rings. The van der Waals surface area contributed by atoms with Crippen molar-refractivity contribution in [2.45, 2.75) is 77.0 Å². The number of H-pyrrole nitrogens is 1. The molecule has 1 aliphatic carbocycles. The number of hydrogen-bond donors (Lipinski definition) is 2. The molecule has 3 aliphatic rings. The summed E-state index contributed by atoms with van der Waals surface area (Å²) in [6, 6.07) is 6.64. The van der Waals surface area contributed by atoms with E-state index in [4.69, 9.17) is 28.4 Å². The molecule has 0 aromatic carbocycles. The largest absolute Gasteiger partial charge is 0.456 e. The number of aliphatic hydroxyl groups is 1. The summed E-state index contributed by atoms with van der Waals surface area (Å²) in [7, 11) is 1.38. The molecular formula is C37H42N2O11. The molecule has 9 atom stereocenters. The van der Waals surface area contributed by atoms with E-state index in [0.29, 0.717) is 16.7 Å². The smallest absolute Gasteiger partial charge is 0.417 e. The number of cyclic esters (lactones) is 1. The third-order valence-corrected chi connectivity index (χ3v) is 9.01. The number of carbonyl (C=O) groups is 4. The van der Waals surface area contributed by atoms with Gasteiger partial charge in [-0.2, -0.15) is 0 Å². The van der Waals surface area contributed by atoms with Crippen LogP contribution in [-0.4, -0.2) is 82.4 Å². The fraction of sp³-hybridized carbons (Fsp3) is 0.432. The lowest BCUT2D eigenvalue weighted by molar-refractivity contribution is -0.200. The van der Waals surface area contributed by atoms with Crippen molar-refractivity contribution in [2.24, 2.45) is 17.8 Å². The Labute approximate surface area is 290 Å². The Morgan fingerprint density at radius 3 is 2.60 bits per heavy atom. The summed E-state index contributed by atoms with van der Waals surface area (Å²) in [6.07, 6.45) is 14.7. The molecule has 5 unspecified atom stereocenters. The lowest BCUT2D eigenvalue weighted by Gasteiger charge is -2.43. The van der Waals surface area contributed by atoms with Crippen LogP contribution in [0.3, 0.4) is 0 Å². The van der Waals surface area contributed by atoms with Gasteiger partial charge in [-0.25, -0.2) is 19.2 Å². The van der Waals surface area contributed by atoms with E-state index in [1.165, 1.54) is 20.2 Å². The maximum absolute atomic E-state index is 13.5. The summed E-state index contributed by atoms with van der Waals surface area (Å²) < 4.78 is 34.3. The van der Waals surface area contributed by atoms with E-state index in [-0.39, 0.29) is 18.7 Å². The minimum atomic E-state index is -1.37. The van der Waals surface area contributed by atoms with E-state index in [2.05, 4.69) is 22.8 Å². The van der Waals surface area contributed by atoms with Gasteiger partial charge in [0.25, 0.3) is 0 Å². The molecule has 50 heavy (non-hydrogen) atoms. The molecular weight excluding hydrogens is 648 g/mol. The molecule has 266 valence electrons. The fourth-order valence-corrected chi connectivity index (χ4v) is 6.35. The Kier molecular flexibility index (Phi) is 12.5. The summed E-state index contributed by atoms with van der Waals surface area (Å²) in [5.74, 6) is -5.49. The molecule has 2 N–H and O–H groups in total. The van der Waals surface area contributed by atoms with Crippen LogP contribution in [0.5, 0.6) is 0 Å². The first-order chi connectivity index (χ1) is 23.9. The van der Waals surface area contributed by atoms with Gasteiger partial charge in [0.1, 0.15) is 36.2 Å². The van der Waals surface area contributed by atoms with E-state index in [0.717, 1.165) is 0 Å². The maximum atomic E-state index is 13.5. The molecule has 2 aromatic heterocycles. The zero-order valence-electron chi connectivity index (χ0n) is 28.5. The van der Waals surface area contributed by atoms with Crippen LogP contribution in [0.1, 0.15) is 50.2 Å². The molecule has 13 heteroatoms. The van der Waals surface area contributed by atoms with E-state index in [1.807, 2.05) is 31.2 Å². The van der Waals surface area contributed by atoms with Gasteiger partial charge in [-0.1, -0.05) is 38.1 Å². The second-order valence-corrected chi connectivity index (χ2v) is 12.3. The number of aliphatic hydroxyl groups excluding tert-OH is 1. The van der Waals surface area contributed by atoms with Gasteiger partial charge in [0, 0.05) is 49.0 Å². The molecule has 2 aliphatic heterocycles. The van der Waals surface area contributed by atoms with Gasteiger partial charge in [0.15, 0.2) is 12.4 Å². The van der Waals surface area contributed by atoms with Crippen molar-refractivity contribution < 1.29 is 52.7 Å². The number of carbonyl (C=O) groups excluding carboxylic acids is 4. The highest BCUT2D eigenvalue weighted by atomic mass is 16.6. The van der Waals surface area contributed by atoms with Gasteiger partial charge in [-0.15, -0.1) is 12.8 Å². The van der Waals surface area contributed by atoms with Gasteiger partial charge in [-0.05, 0) is 55.7 Å². The SMILES string of the molecule is C#C.CO[C@H]1CC2C=CC3=C[C@@]2(OC(O)[C@@H](C)[C@H]3OC(=O)c2ccc[nH]2)/C(C)=C/C(C)C(C(C)OC(=O)C(=O)OCc2cccnc2)OC1=O. The van der Waals surface area contributed by atoms with Crippen molar-refractivity contribution in [1.82, 2.24) is 9.97 Å². The fourth-order valence-electron chi connectivity index (χ4n) is 6.35. The average Bonchev–Trinajstić information content (AvgIpc) is 3.65. The van der Waals surface area contributed by atoms with Crippen molar-refractivity contribution in [3.05, 3.63) is 89.6 Å². The summed E-state index contributed by atoms with van der Waals surface area (Å²) >= 11 is 0. The molecule has 0 saturated carbocycles. The lowest BCUT2D eigenvalue weighted by atomic mass is 9.72. The quantitative estimate of drug-likeness (QED) is 0.142. The van der Waals surface area contributed by atoms with Gasteiger partial charge in [-0.3, -0.25) is 4.98 Å². The summed E-state index contributed by atoms with van der Waals surface area (Å²) in [6.45, 7) is 6.65. The van der Waals surface area contributed by atoms with Crippen molar-refractivity contribution in [3.63, 3.8) is 0 Å². The predicted octanol–water partition coefficient (Wildman–Crippen LogP) is 3.61. The molecule has 1 spiro atoms. The Hall–Kier alpha value is -5.03. The number of pyridine rings is 1. The molecule has 2 aromatic rings. The minimum absolute atomic E-state index is 0.102. The number of nitrogens with zero attached hydrogens (tertiary/aromatic N) is 1. The van der Waals surface area contributed by atoms with Crippen molar-refractivity contribution in [2.75, 3.05) is 7.11 Å². The van der Waals surface area contributed by atoms with Gasteiger partial charge in [0.05, 0.1) is 0 Å². The number of aromatic amines is 1. The monoisotopic (exact) mass is 690 g/mol. The average molecular weight is 691 g/mol. The molecule has 0 amide bonds.